The van der Waals surface area contributed by atoms with E-state index in [0.717, 1.165) is 12.8 Å². The quantitative estimate of drug-likeness (QED) is 0.904. The number of benzene rings is 1. The van der Waals surface area contributed by atoms with Crippen LogP contribution in [0.2, 0.25) is 5.02 Å². The van der Waals surface area contributed by atoms with Crippen LogP contribution in [0.5, 0.6) is 0 Å². The number of hydrogen-bond acceptors (Lipinski definition) is 3. The van der Waals surface area contributed by atoms with Crippen molar-refractivity contribution in [2.24, 2.45) is 5.92 Å². The molecule has 1 aromatic rings. The Balaban J connectivity index is 1.53. The van der Waals surface area contributed by atoms with Gasteiger partial charge < -0.3 is 10.2 Å². The molecule has 1 N–H and O–H groups in total. The molecule has 1 saturated heterocycles. The average Bonchev–Trinajstić information content (AvgIpc) is 3.41. The number of nitrogens with one attached hydrogen (secondary N) is 1. The molecule has 5 nitrogen and oxygen atoms in total. The fourth-order valence-electron chi connectivity index (χ4n) is 2.91. The molecule has 1 heterocycles. The molecule has 3 rings (SSSR count). The van der Waals surface area contributed by atoms with Crippen LogP contribution in [0, 0.1) is 11.7 Å². The molecule has 130 valence electrons. The van der Waals surface area contributed by atoms with Crippen molar-refractivity contribution in [2.75, 3.05) is 31.5 Å². The third kappa shape index (κ3) is 3.87. The Bertz CT molecular complexity index is 643. The van der Waals surface area contributed by atoms with Gasteiger partial charge in [0.1, 0.15) is 5.82 Å². The zero-order valence-corrected chi connectivity index (χ0v) is 14.4. The van der Waals surface area contributed by atoms with Crippen LogP contribution in [0.3, 0.4) is 0 Å². The van der Waals surface area contributed by atoms with Crippen LogP contribution >= 0.6 is 11.6 Å². The summed E-state index contributed by atoms with van der Waals surface area (Å²) in [5, 5.41) is 2.91. The predicted molar refractivity (Wildman–Crippen MR) is 90.4 cm³/mol. The van der Waals surface area contributed by atoms with Crippen molar-refractivity contribution in [2.45, 2.75) is 25.8 Å². The van der Waals surface area contributed by atoms with Gasteiger partial charge in [0.2, 0.25) is 11.8 Å². The van der Waals surface area contributed by atoms with E-state index in [1.54, 1.807) is 0 Å². The predicted octanol–water partition coefficient (Wildman–Crippen LogP) is 2.36. The van der Waals surface area contributed by atoms with Gasteiger partial charge in [0.05, 0.1) is 16.8 Å². The molecule has 1 saturated carbocycles. The van der Waals surface area contributed by atoms with Gasteiger partial charge in [0.15, 0.2) is 0 Å². The first-order valence-corrected chi connectivity index (χ1v) is 8.62. The number of halogens is 2. The maximum absolute atomic E-state index is 13.1. The monoisotopic (exact) mass is 353 g/mol. The normalized spacial score (nSPS) is 19.9. The number of hydrogen-bond donors (Lipinski definition) is 1. The van der Waals surface area contributed by atoms with E-state index in [4.69, 9.17) is 11.6 Å². The van der Waals surface area contributed by atoms with E-state index < -0.39 is 5.82 Å². The minimum Gasteiger partial charge on any atom is -0.340 e. The molecular formula is C17H21ClFN3O2. The van der Waals surface area contributed by atoms with E-state index in [1.807, 2.05) is 16.7 Å². The van der Waals surface area contributed by atoms with Crippen LogP contribution in [-0.4, -0.2) is 53.8 Å². The van der Waals surface area contributed by atoms with Gasteiger partial charge >= 0.3 is 0 Å². The van der Waals surface area contributed by atoms with Crippen LogP contribution in [0.15, 0.2) is 18.2 Å². The molecule has 0 radical (unpaired) electrons. The summed E-state index contributed by atoms with van der Waals surface area (Å²) in [6.45, 7) is 4.48. The summed E-state index contributed by atoms with van der Waals surface area (Å²) in [6, 6.07) is 3.54. The van der Waals surface area contributed by atoms with Gasteiger partial charge in [-0.2, -0.15) is 0 Å². The van der Waals surface area contributed by atoms with Gasteiger partial charge in [0, 0.05) is 32.1 Å². The van der Waals surface area contributed by atoms with E-state index in [9.17, 15) is 14.0 Å². The average molecular weight is 354 g/mol. The molecule has 1 aliphatic carbocycles. The third-order valence-electron chi connectivity index (χ3n) is 4.67. The largest absolute Gasteiger partial charge is 0.340 e. The minimum atomic E-state index is -0.442. The van der Waals surface area contributed by atoms with Crippen LogP contribution in [0.25, 0.3) is 0 Å². The van der Waals surface area contributed by atoms with E-state index >= 15 is 0 Å². The Labute approximate surface area is 145 Å². The number of piperazine rings is 1. The van der Waals surface area contributed by atoms with Crippen molar-refractivity contribution in [1.82, 2.24) is 9.80 Å². The lowest BCUT2D eigenvalue weighted by molar-refractivity contribution is -0.135. The van der Waals surface area contributed by atoms with E-state index in [-0.39, 0.29) is 28.8 Å². The van der Waals surface area contributed by atoms with Gasteiger partial charge in [-0.1, -0.05) is 11.6 Å². The van der Waals surface area contributed by atoms with E-state index in [0.29, 0.717) is 31.9 Å². The smallest absolute Gasteiger partial charge is 0.241 e. The Morgan fingerprint density at radius 2 is 1.92 bits per heavy atom. The molecule has 2 fully saturated rings. The Kier molecular flexibility index (Phi) is 5.06. The van der Waals surface area contributed by atoms with E-state index in [1.165, 1.54) is 18.2 Å². The number of carbonyl (C=O) groups excluding carboxylic acids is 2. The zero-order chi connectivity index (χ0) is 17.3. The number of nitrogens with zero attached hydrogens (tertiary/aromatic N) is 2. The van der Waals surface area contributed by atoms with Crippen molar-refractivity contribution in [1.29, 1.82) is 0 Å². The highest BCUT2D eigenvalue weighted by Gasteiger charge is 2.35. The molecule has 2 aliphatic rings. The molecule has 0 spiro atoms. The molecular weight excluding hydrogens is 333 g/mol. The number of rotatable bonds is 4. The Morgan fingerprint density at radius 1 is 1.25 bits per heavy atom. The lowest BCUT2D eigenvalue weighted by atomic mass is 10.2. The first-order chi connectivity index (χ1) is 11.5. The molecule has 7 heteroatoms. The summed E-state index contributed by atoms with van der Waals surface area (Å²) in [7, 11) is 0. The first kappa shape index (κ1) is 17.2. The molecule has 24 heavy (non-hydrogen) atoms. The highest BCUT2D eigenvalue weighted by atomic mass is 35.5. The van der Waals surface area contributed by atoms with Gasteiger partial charge in [-0.25, -0.2) is 4.39 Å². The summed E-state index contributed by atoms with van der Waals surface area (Å²) in [5.74, 6) is -0.143. The van der Waals surface area contributed by atoms with Crippen LogP contribution < -0.4 is 5.32 Å². The highest BCUT2D eigenvalue weighted by Crippen LogP contribution is 2.31. The molecule has 0 aromatic heterocycles. The maximum atomic E-state index is 13.1. The maximum Gasteiger partial charge on any atom is 0.241 e. The highest BCUT2D eigenvalue weighted by molar-refractivity contribution is 6.33. The van der Waals surface area contributed by atoms with Crippen molar-refractivity contribution in [3.8, 4) is 0 Å². The van der Waals surface area contributed by atoms with Gasteiger partial charge in [-0.05, 0) is 38.0 Å². The summed E-state index contributed by atoms with van der Waals surface area (Å²) < 4.78 is 13.1. The fraction of sp³-hybridized carbons (Fsp3) is 0.529. The lowest BCUT2D eigenvalue weighted by Gasteiger charge is -2.37. The second-order valence-corrected chi connectivity index (χ2v) is 6.83. The summed E-state index contributed by atoms with van der Waals surface area (Å²) >= 11 is 5.94. The van der Waals surface area contributed by atoms with Gasteiger partial charge in [0.25, 0.3) is 0 Å². The number of carbonyl (C=O) groups is 2. The summed E-state index contributed by atoms with van der Waals surface area (Å²) in [6.07, 6.45) is 2.02. The van der Waals surface area contributed by atoms with Crippen LogP contribution in [0.4, 0.5) is 10.1 Å². The Morgan fingerprint density at radius 3 is 2.50 bits per heavy atom. The Hall–Kier alpha value is -1.66. The van der Waals surface area contributed by atoms with E-state index in [2.05, 4.69) is 5.32 Å². The lowest BCUT2D eigenvalue weighted by Crippen LogP contribution is -2.54. The molecule has 1 atom stereocenters. The van der Waals surface area contributed by atoms with Crippen LogP contribution in [0.1, 0.15) is 19.8 Å². The fourth-order valence-corrected chi connectivity index (χ4v) is 3.13. The van der Waals surface area contributed by atoms with Crippen molar-refractivity contribution in [3.05, 3.63) is 29.0 Å². The zero-order valence-electron chi connectivity index (χ0n) is 13.6. The van der Waals surface area contributed by atoms with Gasteiger partial charge in [-0.3, -0.25) is 14.5 Å². The minimum absolute atomic E-state index is 0.176. The van der Waals surface area contributed by atoms with Crippen molar-refractivity contribution in [3.63, 3.8) is 0 Å². The molecule has 1 aliphatic heterocycles. The third-order valence-corrected chi connectivity index (χ3v) is 4.98. The standard InChI is InChI=1S/C17H21ClFN3O2/c1-11(16(23)20-15-5-4-13(19)10-14(15)18)21-6-8-22(9-7-21)17(24)12-2-3-12/h4-5,10-12H,2-3,6-9H2,1H3,(H,20,23)/t11-/m1/s1. The van der Waals surface area contributed by atoms with Crippen molar-refractivity contribution < 1.29 is 14.0 Å². The second kappa shape index (κ2) is 7.07. The molecule has 1 aromatic carbocycles. The summed E-state index contributed by atoms with van der Waals surface area (Å²) in [4.78, 5) is 28.4. The first-order valence-electron chi connectivity index (χ1n) is 8.24. The second-order valence-electron chi connectivity index (χ2n) is 6.42. The molecule has 2 amide bonds. The van der Waals surface area contributed by atoms with Crippen molar-refractivity contribution >= 4 is 29.1 Å². The number of anilines is 1. The number of amides is 2. The SMILES string of the molecule is C[C@H](C(=O)Nc1ccc(F)cc1Cl)N1CCN(C(=O)C2CC2)CC1. The van der Waals surface area contributed by atoms with Crippen LogP contribution in [-0.2, 0) is 9.59 Å². The molecule has 0 unspecified atom stereocenters. The van der Waals surface area contributed by atoms with Gasteiger partial charge in [-0.15, -0.1) is 0 Å². The summed E-state index contributed by atoms with van der Waals surface area (Å²) in [5.41, 5.74) is 0.400. The topological polar surface area (TPSA) is 52.7 Å². The molecule has 0 bridgehead atoms.